The Bertz CT molecular complexity index is 1300. The third kappa shape index (κ3) is 1.84. The van der Waals surface area contributed by atoms with E-state index in [4.69, 9.17) is 4.42 Å². The summed E-state index contributed by atoms with van der Waals surface area (Å²) in [7, 11) is 1.93. The molecule has 0 fully saturated rings. The topological polar surface area (TPSA) is 45.7 Å². The highest BCUT2D eigenvalue weighted by Crippen LogP contribution is 2.35. The molecule has 0 atom stereocenters. The van der Waals surface area contributed by atoms with Crippen molar-refractivity contribution < 1.29 is 8.98 Å². The van der Waals surface area contributed by atoms with Crippen LogP contribution >= 0.6 is 0 Å². The van der Waals surface area contributed by atoms with Crippen LogP contribution in [0.1, 0.15) is 5.56 Å². The van der Waals surface area contributed by atoms with Crippen molar-refractivity contribution >= 4 is 33.0 Å². The zero-order valence-corrected chi connectivity index (χ0v) is 13.5. The van der Waals surface area contributed by atoms with Gasteiger partial charge in [-0.2, -0.15) is 5.26 Å². The third-order valence-corrected chi connectivity index (χ3v) is 4.58. The largest absolute Gasteiger partial charge is 0.457 e. The molecule has 0 amide bonds. The first-order chi connectivity index (χ1) is 12.3. The molecule has 3 aromatic carbocycles. The van der Waals surface area contributed by atoms with Gasteiger partial charge in [0.25, 0.3) is 0 Å². The number of aryl methyl sites for hydroxylation is 1. The maximum Gasteiger partial charge on any atom is 0.244 e. The van der Waals surface area contributed by atoms with Crippen molar-refractivity contribution in [2.75, 3.05) is 0 Å². The number of rotatable bonds is 1. The van der Waals surface area contributed by atoms with E-state index in [1.807, 2.05) is 76.8 Å². The highest BCUT2D eigenvalue weighted by atomic mass is 16.3. The van der Waals surface area contributed by atoms with Crippen LogP contribution in [0.2, 0.25) is 0 Å². The van der Waals surface area contributed by atoms with Gasteiger partial charge in [0.05, 0.1) is 35.4 Å². The van der Waals surface area contributed by atoms with Crippen molar-refractivity contribution in [1.29, 1.82) is 5.26 Å². The SMILES string of the molecule is C[n+]1[c-]n(-c2ccccc2)c2c(C#N)c3c(cc21)oc1ccccc13. The number of imidazole rings is 1. The highest BCUT2D eigenvalue weighted by molar-refractivity contribution is 6.13. The van der Waals surface area contributed by atoms with Crippen LogP contribution in [0.4, 0.5) is 0 Å². The molecule has 0 saturated carbocycles. The molecule has 118 valence electrons. The molecular weight excluding hydrogens is 310 g/mol. The van der Waals surface area contributed by atoms with Gasteiger partial charge < -0.3 is 13.6 Å². The predicted octanol–water partition coefficient (Wildman–Crippen LogP) is 4.03. The van der Waals surface area contributed by atoms with Crippen LogP contribution in [0.3, 0.4) is 0 Å². The second-order valence-electron chi connectivity index (χ2n) is 6.03. The molecule has 5 aromatic rings. The van der Waals surface area contributed by atoms with Crippen molar-refractivity contribution in [2.45, 2.75) is 0 Å². The molecule has 0 spiro atoms. The fraction of sp³-hybridized carbons (Fsp3) is 0.0476. The molecular formula is C21H13N3O. The summed E-state index contributed by atoms with van der Waals surface area (Å²) in [6, 6.07) is 22.2. The Kier molecular flexibility index (Phi) is 2.74. The summed E-state index contributed by atoms with van der Waals surface area (Å²) in [4.78, 5) is 0. The van der Waals surface area contributed by atoms with E-state index in [0.29, 0.717) is 5.56 Å². The van der Waals surface area contributed by atoms with Crippen molar-refractivity contribution in [3.63, 3.8) is 0 Å². The quantitative estimate of drug-likeness (QED) is 0.345. The van der Waals surface area contributed by atoms with Gasteiger partial charge in [-0.05, 0) is 12.1 Å². The van der Waals surface area contributed by atoms with E-state index in [1.165, 1.54) is 0 Å². The summed E-state index contributed by atoms with van der Waals surface area (Å²) in [5.74, 6) is 0. The molecule has 25 heavy (non-hydrogen) atoms. The molecule has 4 heteroatoms. The molecule has 0 bridgehead atoms. The van der Waals surface area contributed by atoms with Crippen molar-refractivity contribution in [2.24, 2.45) is 7.05 Å². The molecule has 0 radical (unpaired) electrons. The fourth-order valence-corrected chi connectivity index (χ4v) is 3.47. The van der Waals surface area contributed by atoms with E-state index in [0.717, 1.165) is 38.7 Å². The van der Waals surface area contributed by atoms with Crippen LogP contribution in [-0.4, -0.2) is 4.57 Å². The minimum atomic E-state index is 0.609. The maximum atomic E-state index is 9.96. The lowest BCUT2D eigenvalue weighted by Gasteiger charge is -2.06. The van der Waals surface area contributed by atoms with Crippen LogP contribution in [-0.2, 0) is 7.05 Å². The second-order valence-corrected chi connectivity index (χ2v) is 6.03. The van der Waals surface area contributed by atoms with Crippen LogP contribution in [0.5, 0.6) is 0 Å². The van der Waals surface area contributed by atoms with Gasteiger partial charge in [0.1, 0.15) is 11.2 Å². The fourth-order valence-electron chi connectivity index (χ4n) is 3.47. The van der Waals surface area contributed by atoms with Crippen LogP contribution in [0.15, 0.2) is 65.1 Å². The number of nitrogens with zero attached hydrogens (tertiary/aromatic N) is 3. The molecule has 5 rings (SSSR count). The standard InChI is InChI=1S/C21H13N3O/c1-23-13-24(14-7-3-2-4-8-14)21-16(12-22)20-15-9-5-6-10-18(15)25-19(20)11-17(21)23/h2-11H,1H3. The number of aromatic nitrogens is 2. The number of hydrogen-bond donors (Lipinski definition) is 0. The van der Waals surface area contributed by atoms with Gasteiger partial charge in [-0.25, -0.2) is 0 Å². The minimum absolute atomic E-state index is 0.609. The number of nitriles is 1. The second kappa shape index (κ2) is 4.96. The van der Waals surface area contributed by atoms with E-state index < -0.39 is 0 Å². The smallest absolute Gasteiger partial charge is 0.244 e. The molecule has 2 aromatic heterocycles. The van der Waals surface area contributed by atoms with Crippen molar-refractivity contribution in [1.82, 2.24) is 4.57 Å². The average Bonchev–Trinajstić information content (AvgIpc) is 3.19. The summed E-state index contributed by atoms with van der Waals surface area (Å²) in [6.45, 7) is 0. The zero-order chi connectivity index (χ0) is 17.0. The Morgan fingerprint density at radius 1 is 1.04 bits per heavy atom. The van der Waals surface area contributed by atoms with Crippen LogP contribution < -0.4 is 4.57 Å². The Morgan fingerprint density at radius 3 is 2.60 bits per heavy atom. The summed E-state index contributed by atoms with van der Waals surface area (Å²) >= 11 is 0. The van der Waals surface area contributed by atoms with Gasteiger partial charge in [0.15, 0.2) is 0 Å². The Labute approximate surface area is 143 Å². The number of para-hydroxylation sites is 2. The number of fused-ring (bicyclic) bond motifs is 4. The maximum absolute atomic E-state index is 9.96. The van der Waals surface area contributed by atoms with Gasteiger partial charge in [-0.15, -0.1) is 0 Å². The van der Waals surface area contributed by atoms with E-state index in [-0.39, 0.29) is 0 Å². The van der Waals surface area contributed by atoms with Crippen molar-refractivity contribution in [3.05, 3.63) is 72.6 Å². The molecule has 0 aliphatic rings. The molecule has 0 aliphatic heterocycles. The lowest BCUT2D eigenvalue weighted by molar-refractivity contribution is -0.649. The van der Waals surface area contributed by atoms with E-state index >= 15 is 0 Å². The van der Waals surface area contributed by atoms with Gasteiger partial charge >= 0.3 is 0 Å². The molecule has 0 saturated heterocycles. The monoisotopic (exact) mass is 323 g/mol. The summed E-state index contributed by atoms with van der Waals surface area (Å²) in [5.41, 5.74) is 4.84. The summed E-state index contributed by atoms with van der Waals surface area (Å²) < 4.78 is 9.82. The van der Waals surface area contributed by atoms with E-state index in [2.05, 4.69) is 12.4 Å². The highest BCUT2D eigenvalue weighted by Gasteiger charge is 2.18. The summed E-state index contributed by atoms with van der Waals surface area (Å²) in [5, 5.41) is 11.8. The summed E-state index contributed by atoms with van der Waals surface area (Å²) in [6.07, 6.45) is 3.30. The number of furan rings is 1. The Morgan fingerprint density at radius 2 is 1.80 bits per heavy atom. The van der Waals surface area contributed by atoms with Crippen molar-refractivity contribution in [3.8, 4) is 11.8 Å². The van der Waals surface area contributed by atoms with Gasteiger partial charge in [-0.1, -0.05) is 48.5 Å². The van der Waals surface area contributed by atoms with E-state index in [1.54, 1.807) is 0 Å². The Hall–Kier alpha value is -3.58. The molecule has 0 N–H and O–H groups in total. The van der Waals surface area contributed by atoms with Crippen LogP contribution in [0, 0.1) is 17.7 Å². The lowest BCUT2D eigenvalue weighted by Crippen LogP contribution is -2.26. The molecule has 4 nitrogen and oxygen atoms in total. The average molecular weight is 323 g/mol. The predicted molar refractivity (Wildman–Crippen MR) is 95.3 cm³/mol. The lowest BCUT2D eigenvalue weighted by atomic mass is 10.1. The first-order valence-electron chi connectivity index (χ1n) is 8.01. The number of benzene rings is 3. The van der Waals surface area contributed by atoms with Gasteiger partial charge in [0, 0.05) is 10.8 Å². The van der Waals surface area contributed by atoms with Gasteiger partial charge in [0.2, 0.25) is 6.33 Å². The zero-order valence-electron chi connectivity index (χ0n) is 13.5. The molecule has 2 heterocycles. The normalized spacial score (nSPS) is 11.4. The molecule has 0 aliphatic carbocycles. The number of hydrogen-bond acceptors (Lipinski definition) is 2. The van der Waals surface area contributed by atoms with Gasteiger partial charge in [-0.3, -0.25) is 0 Å². The Balaban J connectivity index is 2.03. The first-order valence-corrected chi connectivity index (χ1v) is 8.01. The van der Waals surface area contributed by atoms with Crippen LogP contribution in [0.25, 0.3) is 38.7 Å². The third-order valence-electron chi connectivity index (χ3n) is 4.58. The molecule has 0 unspecified atom stereocenters. The van der Waals surface area contributed by atoms with E-state index in [9.17, 15) is 5.26 Å². The minimum Gasteiger partial charge on any atom is -0.457 e. The first kappa shape index (κ1) is 13.8.